The summed E-state index contributed by atoms with van der Waals surface area (Å²) >= 11 is 5.54. The molecule has 2 aromatic carbocycles. The van der Waals surface area contributed by atoms with Crippen LogP contribution in [0.2, 0.25) is 5.02 Å². The van der Waals surface area contributed by atoms with E-state index in [1.807, 2.05) is 0 Å². The Morgan fingerprint density at radius 1 is 1.11 bits per heavy atom. The number of carboxylic acid groups (broad SMARTS) is 1. The molecule has 0 aliphatic heterocycles. The lowest BCUT2D eigenvalue weighted by molar-refractivity contribution is -0.254. The third-order valence-corrected chi connectivity index (χ3v) is 2.83. The van der Waals surface area contributed by atoms with Crippen molar-refractivity contribution in [1.29, 1.82) is 0 Å². The summed E-state index contributed by atoms with van der Waals surface area (Å²) in [6.07, 6.45) is -4.65. The van der Waals surface area contributed by atoms with Gasteiger partial charge in [-0.05, 0) is 16.8 Å². The Balaban J connectivity index is 2.91. The monoisotopic (exact) mass is 273 g/mol. The lowest BCUT2D eigenvalue weighted by Crippen LogP contribution is -2.22. The normalized spacial score (nSPS) is 11.8. The molecule has 2 aromatic rings. The molecule has 0 radical (unpaired) electrons. The summed E-state index contributed by atoms with van der Waals surface area (Å²) in [4.78, 5) is 10.8. The molecular formula is C12H5ClF3O2-. The van der Waals surface area contributed by atoms with Crippen molar-refractivity contribution in [1.82, 2.24) is 0 Å². The van der Waals surface area contributed by atoms with Gasteiger partial charge in [0.1, 0.15) is 0 Å². The third kappa shape index (κ3) is 2.01. The Labute approximate surface area is 105 Å². The molecule has 0 N–H and O–H groups in total. The Morgan fingerprint density at radius 2 is 1.78 bits per heavy atom. The van der Waals surface area contributed by atoms with Crippen LogP contribution in [0.4, 0.5) is 13.2 Å². The molecular weight excluding hydrogens is 269 g/mol. The Morgan fingerprint density at radius 3 is 2.33 bits per heavy atom. The summed E-state index contributed by atoms with van der Waals surface area (Å²) in [7, 11) is 0. The number of carboxylic acids is 1. The topological polar surface area (TPSA) is 40.1 Å². The van der Waals surface area contributed by atoms with Crippen LogP contribution in [0.15, 0.2) is 30.3 Å². The first-order valence-corrected chi connectivity index (χ1v) is 5.20. The highest BCUT2D eigenvalue weighted by atomic mass is 35.5. The van der Waals surface area contributed by atoms with Crippen molar-refractivity contribution in [3.05, 3.63) is 46.5 Å². The van der Waals surface area contributed by atoms with Gasteiger partial charge in [-0.15, -0.1) is 0 Å². The van der Waals surface area contributed by atoms with Crippen LogP contribution in [0.3, 0.4) is 0 Å². The minimum Gasteiger partial charge on any atom is -0.545 e. The number of carbonyl (C=O) groups excluding carboxylic acids is 1. The fourth-order valence-corrected chi connectivity index (χ4v) is 2.07. The molecule has 0 aromatic heterocycles. The van der Waals surface area contributed by atoms with Crippen molar-refractivity contribution in [2.45, 2.75) is 6.18 Å². The molecule has 2 rings (SSSR count). The number of carbonyl (C=O) groups is 1. The van der Waals surface area contributed by atoms with Crippen molar-refractivity contribution >= 4 is 28.3 Å². The van der Waals surface area contributed by atoms with Gasteiger partial charge in [-0.3, -0.25) is 0 Å². The van der Waals surface area contributed by atoms with E-state index >= 15 is 0 Å². The molecule has 0 atom stereocenters. The average molecular weight is 274 g/mol. The van der Waals surface area contributed by atoms with E-state index in [1.165, 1.54) is 24.3 Å². The first kappa shape index (κ1) is 12.7. The maximum absolute atomic E-state index is 12.9. The van der Waals surface area contributed by atoms with E-state index in [-0.39, 0.29) is 16.3 Å². The fraction of sp³-hybridized carbons (Fsp3) is 0.0833. The minimum absolute atomic E-state index is 0.0470. The van der Waals surface area contributed by atoms with Crippen LogP contribution in [-0.2, 0) is 6.18 Å². The highest BCUT2D eigenvalue weighted by molar-refractivity contribution is 6.32. The summed E-state index contributed by atoms with van der Waals surface area (Å²) < 4.78 is 38.6. The van der Waals surface area contributed by atoms with Crippen LogP contribution in [0.5, 0.6) is 0 Å². The molecule has 0 bridgehead atoms. The number of halogens is 4. The quantitative estimate of drug-likeness (QED) is 0.801. The second-order valence-corrected chi connectivity index (χ2v) is 4.02. The number of hydrogen-bond donors (Lipinski definition) is 0. The van der Waals surface area contributed by atoms with E-state index in [0.29, 0.717) is 0 Å². The van der Waals surface area contributed by atoms with Gasteiger partial charge >= 0.3 is 6.18 Å². The Bertz CT molecular complexity index is 635. The zero-order valence-corrected chi connectivity index (χ0v) is 9.47. The lowest BCUT2D eigenvalue weighted by Gasteiger charge is -2.14. The summed E-state index contributed by atoms with van der Waals surface area (Å²) in [5, 5.41) is 10.1. The molecule has 0 fully saturated rings. The highest BCUT2D eigenvalue weighted by Gasteiger charge is 2.35. The van der Waals surface area contributed by atoms with Gasteiger partial charge in [0, 0.05) is 5.56 Å². The highest BCUT2D eigenvalue weighted by Crippen LogP contribution is 2.40. The molecule has 6 heteroatoms. The van der Waals surface area contributed by atoms with Crippen molar-refractivity contribution in [2.24, 2.45) is 0 Å². The average Bonchev–Trinajstić information content (AvgIpc) is 2.25. The summed E-state index contributed by atoms with van der Waals surface area (Å²) in [6, 6.07) is 5.85. The SMILES string of the molecule is O=C([O-])c1cccc2c(C(F)(F)F)c(Cl)ccc12. The van der Waals surface area contributed by atoms with E-state index in [2.05, 4.69) is 0 Å². The minimum atomic E-state index is -4.65. The van der Waals surface area contributed by atoms with Gasteiger partial charge in [-0.2, -0.15) is 13.2 Å². The maximum atomic E-state index is 12.9. The van der Waals surface area contributed by atoms with Gasteiger partial charge in [0.05, 0.1) is 16.6 Å². The molecule has 0 amide bonds. The lowest BCUT2D eigenvalue weighted by atomic mass is 10.00. The van der Waals surface area contributed by atoms with Gasteiger partial charge in [-0.25, -0.2) is 0 Å². The van der Waals surface area contributed by atoms with E-state index in [4.69, 9.17) is 11.6 Å². The molecule has 0 aliphatic rings. The fourth-order valence-electron chi connectivity index (χ4n) is 1.80. The predicted molar refractivity (Wildman–Crippen MR) is 58.3 cm³/mol. The number of benzene rings is 2. The zero-order chi connectivity index (χ0) is 13.5. The molecule has 0 saturated heterocycles. The third-order valence-electron chi connectivity index (χ3n) is 2.51. The van der Waals surface area contributed by atoms with Gasteiger partial charge in [0.25, 0.3) is 0 Å². The molecule has 0 saturated carbocycles. The molecule has 18 heavy (non-hydrogen) atoms. The van der Waals surface area contributed by atoms with Crippen LogP contribution >= 0.6 is 11.6 Å². The summed E-state index contributed by atoms with van der Waals surface area (Å²) in [6.45, 7) is 0. The van der Waals surface area contributed by atoms with Crippen LogP contribution in [0.25, 0.3) is 10.8 Å². The van der Waals surface area contributed by atoms with Crippen molar-refractivity contribution in [3.8, 4) is 0 Å². The Kier molecular flexibility index (Phi) is 2.94. The van der Waals surface area contributed by atoms with Crippen molar-refractivity contribution < 1.29 is 23.1 Å². The molecule has 0 aliphatic carbocycles. The van der Waals surface area contributed by atoms with E-state index in [1.54, 1.807) is 0 Å². The molecule has 0 unspecified atom stereocenters. The zero-order valence-electron chi connectivity index (χ0n) is 8.72. The number of rotatable bonds is 1. The number of hydrogen-bond acceptors (Lipinski definition) is 2. The van der Waals surface area contributed by atoms with Gasteiger partial charge in [0.2, 0.25) is 0 Å². The molecule has 2 nitrogen and oxygen atoms in total. The standard InChI is InChI=1S/C12H6ClF3O2/c13-9-5-4-6-7(10(9)12(14,15)16)2-1-3-8(6)11(17)18/h1-5H,(H,17,18)/p-1. The first-order chi connectivity index (χ1) is 8.32. The summed E-state index contributed by atoms with van der Waals surface area (Å²) in [5.74, 6) is -1.53. The van der Waals surface area contributed by atoms with E-state index < -0.39 is 22.7 Å². The smallest absolute Gasteiger partial charge is 0.418 e. The van der Waals surface area contributed by atoms with Crippen LogP contribution < -0.4 is 5.11 Å². The van der Waals surface area contributed by atoms with E-state index in [0.717, 1.165) is 6.07 Å². The Hall–Kier alpha value is -1.75. The molecule has 94 valence electrons. The van der Waals surface area contributed by atoms with E-state index in [9.17, 15) is 23.1 Å². The van der Waals surface area contributed by atoms with Crippen molar-refractivity contribution in [2.75, 3.05) is 0 Å². The second-order valence-electron chi connectivity index (χ2n) is 3.61. The number of aromatic carboxylic acids is 1. The van der Waals surface area contributed by atoms with Crippen LogP contribution in [0.1, 0.15) is 15.9 Å². The van der Waals surface area contributed by atoms with Crippen LogP contribution in [0, 0.1) is 0 Å². The van der Waals surface area contributed by atoms with Gasteiger partial charge in [0.15, 0.2) is 0 Å². The number of fused-ring (bicyclic) bond motifs is 1. The van der Waals surface area contributed by atoms with Crippen LogP contribution in [-0.4, -0.2) is 5.97 Å². The van der Waals surface area contributed by atoms with Crippen molar-refractivity contribution in [3.63, 3.8) is 0 Å². The summed E-state index contributed by atoms with van der Waals surface area (Å²) in [5.41, 5.74) is -1.33. The predicted octanol–water partition coefficient (Wildman–Crippen LogP) is 2.88. The second kappa shape index (κ2) is 4.17. The number of alkyl halides is 3. The molecule has 0 heterocycles. The maximum Gasteiger partial charge on any atom is 0.418 e. The first-order valence-electron chi connectivity index (χ1n) is 4.82. The van der Waals surface area contributed by atoms with Gasteiger partial charge in [-0.1, -0.05) is 35.9 Å². The molecule has 0 spiro atoms. The van der Waals surface area contributed by atoms with Gasteiger partial charge < -0.3 is 9.90 Å². The largest absolute Gasteiger partial charge is 0.545 e.